The zero-order chi connectivity index (χ0) is 13.9. The van der Waals surface area contributed by atoms with E-state index in [1.807, 2.05) is 12.1 Å². The van der Waals surface area contributed by atoms with Gasteiger partial charge in [0.2, 0.25) is 0 Å². The number of methoxy groups -OCH3 is 1. The minimum absolute atomic E-state index is 0.763. The van der Waals surface area contributed by atoms with Gasteiger partial charge in [-0.1, -0.05) is 6.92 Å². The van der Waals surface area contributed by atoms with Crippen molar-refractivity contribution in [2.75, 3.05) is 13.7 Å². The van der Waals surface area contributed by atoms with Gasteiger partial charge in [0.05, 0.1) is 18.1 Å². The molecule has 1 aliphatic rings. The number of ether oxygens (including phenoxy) is 1. The highest BCUT2D eigenvalue weighted by Crippen LogP contribution is 2.23. The molecule has 108 valence electrons. The van der Waals surface area contributed by atoms with Crippen molar-refractivity contribution in [1.29, 1.82) is 0 Å². The molecule has 0 radical (unpaired) electrons. The van der Waals surface area contributed by atoms with Crippen molar-refractivity contribution < 1.29 is 4.74 Å². The predicted molar refractivity (Wildman–Crippen MR) is 81.3 cm³/mol. The van der Waals surface area contributed by atoms with Crippen LogP contribution in [0.25, 0.3) is 11.0 Å². The summed E-state index contributed by atoms with van der Waals surface area (Å²) in [5, 5.41) is 3.56. The van der Waals surface area contributed by atoms with Crippen LogP contribution in [0, 0.1) is 0 Å². The smallest absolute Gasteiger partial charge is 0.121 e. The highest BCUT2D eigenvalue weighted by Gasteiger charge is 2.20. The van der Waals surface area contributed by atoms with E-state index in [1.165, 1.54) is 24.2 Å². The molecule has 0 aliphatic heterocycles. The number of hydrogen-bond donors (Lipinski definition) is 1. The van der Waals surface area contributed by atoms with Crippen molar-refractivity contribution >= 4 is 11.0 Å². The summed E-state index contributed by atoms with van der Waals surface area (Å²) < 4.78 is 7.64. The molecule has 0 atom stereocenters. The Morgan fingerprint density at radius 2 is 2.25 bits per heavy atom. The topological polar surface area (TPSA) is 39.1 Å². The van der Waals surface area contributed by atoms with E-state index < -0.39 is 0 Å². The van der Waals surface area contributed by atoms with Crippen molar-refractivity contribution in [3.05, 3.63) is 24.0 Å². The third kappa shape index (κ3) is 2.80. The Labute approximate surface area is 120 Å². The molecule has 1 N–H and O–H groups in total. The molecule has 0 bridgehead atoms. The third-order valence-corrected chi connectivity index (χ3v) is 3.84. The Kier molecular flexibility index (Phi) is 3.92. The first-order valence-corrected chi connectivity index (χ1v) is 7.58. The lowest BCUT2D eigenvalue weighted by Crippen LogP contribution is -2.20. The van der Waals surface area contributed by atoms with Crippen LogP contribution in [0.5, 0.6) is 5.75 Å². The van der Waals surface area contributed by atoms with Gasteiger partial charge >= 0.3 is 0 Å². The minimum Gasteiger partial charge on any atom is -0.497 e. The minimum atomic E-state index is 0.763. The van der Waals surface area contributed by atoms with Crippen molar-refractivity contribution in [2.45, 2.75) is 45.2 Å². The first-order valence-electron chi connectivity index (χ1n) is 7.58. The zero-order valence-electron chi connectivity index (χ0n) is 12.4. The van der Waals surface area contributed by atoms with E-state index >= 15 is 0 Å². The molecule has 0 amide bonds. The maximum atomic E-state index is 5.29. The summed E-state index contributed by atoms with van der Waals surface area (Å²) in [4.78, 5) is 4.80. The maximum absolute atomic E-state index is 5.29. The maximum Gasteiger partial charge on any atom is 0.121 e. The number of hydrogen-bond acceptors (Lipinski definition) is 3. The molecule has 4 heteroatoms. The molecule has 0 saturated heterocycles. The Hall–Kier alpha value is -1.55. The molecule has 3 rings (SSSR count). The van der Waals surface area contributed by atoms with Gasteiger partial charge in [-0.25, -0.2) is 4.98 Å². The van der Waals surface area contributed by atoms with E-state index in [1.54, 1.807) is 7.11 Å². The summed E-state index contributed by atoms with van der Waals surface area (Å²) in [7, 11) is 1.70. The second-order valence-electron chi connectivity index (χ2n) is 5.51. The van der Waals surface area contributed by atoms with Crippen LogP contribution < -0.4 is 10.1 Å². The number of fused-ring (bicyclic) bond motifs is 1. The SMILES string of the molecule is CCCn1c(CCNC2CC2)nc2cc(OC)ccc21. The van der Waals surface area contributed by atoms with Gasteiger partial charge in [0.25, 0.3) is 0 Å². The molecule has 0 spiro atoms. The zero-order valence-corrected chi connectivity index (χ0v) is 12.4. The number of nitrogens with zero attached hydrogens (tertiary/aromatic N) is 2. The van der Waals surface area contributed by atoms with Gasteiger partial charge < -0.3 is 14.6 Å². The number of rotatable bonds is 7. The Morgan fingerprint density at radius 1 is 1.40 bits per heavy atom. The molecular formula is C16H23N3O. The van der Waals surface area contributed by atoms with E-state index in [0.717, 1.165) is 43.2 Å². The highest BCUT2D eigenvalue weighted by atomic mass is 16.5. The molecule has 1 aromatic heterocycles. The molecule has 1 heterocycles. The van der Waals surface area contributed by atoms with Crippen LogP contribution in [-0.4, -0.2) is 29.2 Å². The van der Waals surface area contributed by atoms with Crippen LogP contribution in [0.3, 0.4) is 0 Å². The molecule has 4 nitrogen and oxygen atoms in total. The second-order valence-corrected chi connectivity index (χ2v) is 5.51. The molecule has 1 aromatic carbocycles. The van der Waals surface area contributed by atoms with Gasteiger partial charge in [0.15, 0.2) is 0 Å². The summed E-state index contributed by atoms with van der Waals surface area (Å²) in [6.07, 6.45) is 4.79. The third-order valence-electron chi connectivity index (χ3n) is 3.84. The number of aromatic nitrogens is 2. The van der Waals surface area contributed by atoms with Crippen LogP contribution in [-0.2, 0) is 13.0 Å². The summed E-state index contributed by atoms with van der Waals surface area (Å²) in [6, 6.07) is 6.93. The second kappa shape index (κ2) is 5.83. The Balaban J connectivity index is 1.85. The van der Waals surface area contributed by atoms with E-state index in [-0.39, 0.29) is 0 Å². The average Bonchev–Trinajstić information content (AvgIpc) is 3.22. The van der Waals surface area contributed by atoms with Crippen molar-refractivity contribution in [1.82, 2.24) is 14.9 Å². The van der Waals surface area contributed by atoms with E-state index in [9.17, 15) is 0 Å². The normalized spacial score (nSPS) is 14.9. The van der Waals surface area contributed by atoms with Gasteiger partial charge in [0.1, 0.15) is 11.6 Å². The van der Waals surface area contributed by atoms with Crippen LogP contribution in [0.1, 0.15) is 32.0 Å². The van der Waals surface area contributed by atoms with Crippen LogP contribution in [0.2, 0.25) is 0 Å². The molecule has 2 aromatic rings. The number of benzene rings is 1. The first-order chi connectivity index (χ1) is 9.81. The lowest BCUT2D eigenvalue weighted by atomic mass is 10.3. The van der Waals surface area contributed by atoms with Crippen molar-refractivity contribution in [3.8, 4) is 5.75 Å². The quantitative estimate of drug-likeness (QED) is 0.843. The van der Waals surface area contributed by atoms with Crippen molar-refractivity contribution in [2.24, 2.45) is 0 Å². The lowest BCUT2D eigenvalue weighted by molar-refractivity contribution is 0.415. The fraction of sp³-hybridized carbons (Fsp3) is 0.562. The standard InChI is InChI=1S/C16H23N3O/c1-3-10-19-15-7-6-13(20-2)11-14(15)18-16(19)8-9-17-12-4-5-12/h6-7,11-12,17H,3-5,8-10H2,1-2H3. The highest BCUT2D eigenvalue weighted by molar-refractivity contribution is 5.77. The summed E-state index contributed by atoms with van der Waals surface area (Å²) in [5.41, 5.74) is 2.26. The van der Waals surface area contributed by atoms with Gasteiger partial charge in [0, 0.05) is 31.6 Å². The van der Waals surface area contributed by atoms with E-state index in [2.05, 4.69) is 22.9 Å². The van der Waals surface area contributed by atoms with E-state index in [4.69, 9.17) is 9.72 Å². The molecule has 0 unspecified atom stereocenters. The lowest BCUT2D eigenvalue weighted by Gasteiger charge is -2.08. The number of aryl methyl sites for hydroxylation is 1. The van der Waals surface area contributed by atoms with Crippen LogP contribution in [0.15, 0.2) is 18.2 Å². The average molecular weight is 273 g/mol. The number of imidazole rings is 1. The predicted octanol–water partition coefficient (Wildman–Crippen LogP) is 2.75. The van der Waals surface area contributed by atoms with Gasteiger partial charge in [-0.2, -0.15) is 0 Å². The van der Waals surface area contributed by atoms with Crippen LogP contribution >= 0.6 is 0 Å². The van der Waals surface area contributed by atoms with Gasteiger partial charge in [-0.3, -0.25) is 0 Å². The van der Waals surface area contributed by atoms with Gasteiger partial charge in [-0.05, 0) is 31.4 Å². The summed E-state index contributed by atoms with van der Waals surface area (Å²) >= 11 is 0. The number of nitrogens with one attached hydrogen (secondary N) is 1. The largest absolute Gasteiger partial charge is 0.497 e. The van der Waals surface area contributed by atoms with Crippen molar-refractivity contribution in [3.63, 3.8) is 0 Å². The molecule has 1 saturated carbocycles. The molecule has 20 heavy (non-hydrogen) atoms. The molecule has 1 fully saturated rings. The summed E-state index contributed by atoms with van der Waals surface area (Å²) in [6.45, 7) is 4.26. The van der Waals surface area contributed by atoms with E-state index in [0.29, 0.717) is 0 Å². The monoisotopic (exact) mass is 273 g/mol. The fourth-order valence-electron chi connectivity index (χ4n) is 2.63. The van der Waals surface area contributed by atoms with Gasteiger partial charge in [-0.15, -0.1) is 0 Å². The fourth-order valence-corrected chi connectivity index (χ4v) is 2.63. The first kappa shape index (κ1) is 13.4. The summed E-state index contributed by atoms with van der Waals surface area (Å²) in [5.74, 6) is 2.06. The Morgan fingerprint density at radius 3 is 2.95 bits per heavy atom. The van der Waals surface area contributed by atoms with Crippen LogP contribution in [0.4, 0.5) is 0 Å². The molecular weight excluding hydrogens is 250 g/mol. The Bertz CT molecular complexity index is 587. The molecule has 1 aliphatic carbocycles.